The number of carbonyl (C=O) groups excluding carboxylic acids is 1. The van der Waals surface area contributed by atoms with E-state index < -0.39 is 11.8 Å². The first-order valence-electron chi connectivity index (χ1n) is 9.95. The molecule has 3 aromatic carbocycles. The molecule has 0 bridgehead atoms. The molecule has 7 heteroatoms. The standard InChI is InChI=1S/C24H19FN2O4/c25-14-5-7-20-18(11-14)19-12-26(10-9-21(19)27(20)13-23(29)30)24(31)17-6-8-22(28)16-4-2-1-3-15(16)17/h1-8,11,28H,9-10,12-13H2,(H,29,30). The fourth-order valence-corrected chi connectivity index (χ4v) is 4.55. The van der Waals surface area contributed by atoms with Gasteiger partial charge < -0.3 is 19.7 Å². The van der Waals surface area contributed by atoms with Crippen LogP contribution in [0.25, 0.3) is 21.7 Å². The highest BCUT2D eigenvalue weighted by Crippen LogP contribution is 2.34. The van der Waals surface area contributed by atoms with Crippen molar-refractivity contribution in [1.29, 1.82) is 0 Å². The number of aromatic nitrogens is 1. The van der Waals surface area contributed by atoms with Gasteiger partial charge in [0.1, 0.15) is 18.1 Å². The molecule has 2 N–H and O–H groups in total. The molecule has 4 aromatic rings. The molecule has 0 saturated carbocycles. The van der Waals surface area contributed by atoms with Crippen LogP contribution in [0.15, 0.2) is 54.6 Å². The molecule has 0 spiro atoms. The summed E-state index contributed by atoms with van der Waals surface area (Å²) in [5.41, 5.74) is 2.73. The van der Waals surface area contributed by atoms with Crippen molar-refractivity contribution in [2.45, 2.75) is 19.5 Å². The lowest BCUT2D eigenvalue weighted by Crippen LogP contribution is -2.36. The summed E-state index contributed by atoms with van der Waals surface area (Å²) < 4.78 is 15.7. The Morgan fingerprint density at radius 1 is 1.00 bits per heavy atom. The van der Waals surface area contributed by atoms with Gasteiger partial charge in [0.15, 0.2) is 0 Å². The lowest BCUT2D eigenvalue weighted by atomic mass is 10.00. The third-order valence-corrected chi connectivity index (χ3v) is 5.93. The van der Waals surface area contributed by atoms with Crippen LogP contribution in [0.5, 0.6) is 5.75 Å². The van der Waals surface area contributed by atoms with Gasteiger partial charge in [-0.2, -0.15) is 0 Å². The maximum atomic E-state index is 14.0. The number of carbonyl (C=O) groups is 2. The van der Waals surface area contributed by atoms with Gasteiger partial charge >= 0.3 is 5.97 Å². The molecular formula is C24H19FN2O4. The van der Waals surface area contributed by atoms with Crippen LogP contribution in [0, 0.1) is 5.82 Å². The van der Waals surface area contributed by atoms with Crippen molar-refractivity contribution < 1.29 is 24.2 Å². The molecule has 0 aliphatic carbocycles. The molecular weight excluding hydrogens is 399 g/mol. The van der Waals surface area contributed by atoms with Crippen molar-refractivity contribution in [3.05, 3.63) is 77.2 Å². The van der Waals surface area contributed by atoms with Gasteiger partial charge in [-0.05, 0) is 35.7 Å². The highest BCUT2D eigenvalue weighted by Gasteiger charge is 2.28. The molecule has 1 amide bonds. The summed E-state index contributed by atoms with van der Waals surface area (Å²) in [4.78, 5) is 26.5. The normalized spacial score (nSPS) is 13.5. The number of hydrogen-bond donors (Lipinski definition) is 2. The summed E-state index contributed by atoms with van der Waals surface area (Å²) in [6.45, 7) is 0.462. The van der Waals surface area contributed by atoms with Crippen molar-refractivity contribution in [1.82, 2.24) is 9.47 Å². The van der Waals surface area contributed by atoms with E-state index in [1.807, 2.05) is 6.07 Å². The monoisotopic (exact) mass is 418 g/mol. The second kappa shape index (κ2) is 7.12. The van der Waals surface area contributed by atoms with Gasteiger partial charge in [-0.25, -0.2) is 4.39 Å². The van der Waals surface area contributed by atoms with Crippen molar-refractivity contribution >= 4 is 33.6 Å². The number of rotatable bonds is 3. The van der Waals surface area contributed by atoms with E-state index in [2.05, 4.69) is 0 Å². The zero-order valence-electron chi connectivity index (χ0n) is 16.5. The van der Waals surface area contributed by atoms with Crippen LogP contribution in [-0.4, -0.2) is 38.1 Å². The first-order valence-corrected chi connectivity index (χ1v) is 9.95. The van der Waals surface area contributed by atoms with Crippen LogP contribution in [0.1, 0.15) is 21.6 Å². The summed E-state index contributed by atoms with van der Waals surface area (Å²) in [7, 11) is 0. The lowest BCUT2D eigenvalue weighted by Gasteiger charge is -2.28. The molecule has 1 aromatic heterocycles. The molecule has 0 atom stereocenters. The van der Waals surface area contributed by atoms with Crippen molar-refractivity contribution in [3.63, 3.8) is 0 Å². The van der Waals surface area contributed by atoms with E-state index in [9.17, 15) is 24.2 Å². The van der Waals surface area contributed by atoms with Gasteiger partial charge in [-0.3, -0.25) is 9.59 Å². The minimum Gasteiger partial charge on any atom is -0.507 e. The molecule has 0 unspecified atom stereocenters. The summed E-state index contributed by atoms with van der Waals surface area (Å²) in [6, 6.07) is 14.6. The number of fused-ring (bicyclic) bond motifs is 4. The molecule has 6 nitrogen and oxygen atoms in total. The average molecular weight is 418 g/mol. The van der Waals surface area contributed by atoms with Crippen molar-refractivity contribution in [2.75, 3.05) is 6.54 Å². The number of nitrogens with zero attached hydrogens (tertiary/aromatic N) is 2. The molecule has 156 valence electrons. The number of amides is 1. The Hall–Kier alpha value is -3.87. The number of carboxylic acids is 1. The molecule has 0 radical (unpaired) electrons. The first kappa shape index (κ1) is 19.1. The zero-order valence-corrected chi connectivity index (χ0v) is 16.5. The van der Waals surface area contributed by atoms with E-state index in [-0.39, 0.29) is 24.7 Å². The van der Waals surface area contributed by atoms with Crippen LogP contribution >= 0.6 is 0 Å². The van der Waals surface area contributed by atoms with E-state index in [1.54, 1.807) is 39.8 Å². The topological polar surface area (TPSA) is 82.8 Å². The predicted molar refractivity (Wildman–Crippen MR) is 114 cm³/mol. The van der Waals surface area contributed by atoms with Crippen molar-refractivity contribution in [3.8, 4) is 5.75 Å². The number of hydrogen-bond acceptors (Lipinski definition) is 3. The fraction of sp³-hybridized carbons (Fsp3) is 0.167. The van der Waals surface area contributed by atoms with Crippen LogP contribution in [0.3, 0.4) is 0 Å². The third-order valence-electron chi connectivity index (χ3n) is 5.93. The number of phenolic OH excluding ortho intramolecular Hbond substituents is 1. The van der Waals surface area contributed by atoms with E-state index in [0.29, 0.717) is 40.2 Å². The number of halogens is 1. The molecule has 2 heterocycles. The molecule has 0 fully saturated rings. The van der Waals surface area contributed by atoms with E-state index in [1.165, 1.54) is 18.2 Å². The largest absolute Gasteiger partial charge is 0.507 e. The second-order valence-corrected chi connectivity index (χ2v) is 7.72. The Balaban J connectivity index is 1.58. The summed E-state index contributed by atoms with van der Waals surface area (Å²) in [5, 5.41) is 21.4. The van der Waals surface area contributed by atoms with E-state index in [4.69, 9.17) is 0 Å². The Morgan fingerprint density at radius 2 is 1.77 bits per heavy atom. The predicted octanol–water partition coefficient (Wildman–Crippen LogP) is 3.92. The van der Waals surface area contributed by atoms with Gasteiger partial charge in [0.2, 0.25) is 0 Å². The average Bonchev–Trinajstić information content (AvgIpc) is 3.05. The minimum atomic E-state index is -0.974. The van der Waals surface area contributed by atoms with Crippen LogP contribution in [-0.2, 0) is 24.3 Å². The second-order valence-electron chi connectivity index (χ2n) is 7.72. The summed E-state index contributed by atoms with van der Waals surface area (Å²) >= 11 is 0. The summed E-state index contributed by atoms with van der Waals surface area (Å²) in [6.07, 6.45) is 0.473. The quantitative estimate of drug-likeness (QED) is 0.528. The van der Waals surface area contributed by atoms with Gasteiger partial charge in [0, 0.05) is 52.6 Å². The van der Waals surface area contributed by atoms with Gasteiger partial charge in [-0.1, -0.05) is 24.3 Å². The van der Waals surface area contributed by atoms with Crippen LogP contribution in [0.4, 0.5) is 4.39 Å². The first-order chi connectivity index (χ1) is 14.9. The number of carboxylic acid groups (broad SMARTS) is 1. The highest BCUT2D eigenvalue weighted by molar-refractivity contribution is 6.08. The lowest BCUT2D eigenvalue weighted by molar-refractivity contribution is -0.137. The van der Waals surface area contributed by atoms with E-state index in [0.717, 1.165) is 11.3 Å². The Bertz CT molecular complexity index is 1380. The van der Waals surface area contributed by atoms with Crippen LogP contribution < -0.4 is 0 Å². The maximum Gasteiger partial charge on any atom is 0.323 e. The van der Waals surface area contributed by atoms with Gasteiger partial charge in [0.25, 0.3) is 5.91 Å². The molecule has 31 heavy (non-hydrogen) atoms. The maximum absolute atomic E-state index is 14.0. The minimum absolute atomic E-state index is 0.111. The SMILES string of the molecule is O=C(O)Cn1c2c(c3cc(F)ccc31)CN(C(=O)c1ccc(O)c3ccccc13)CC2. The molecule has 5 rings (SSSR count). The Morgan fingerprint density at radius 3 is 2.55 bits per heavy atom. The summed E-state index contributed by atoms with van der Waals surface area (Å²) in [5.74, 6) is -1.45. The zero-order chi connectivity index (χ0) is 21.7. The van der Waals surface area contributed by atoms with E-state index >= 15 is 0 Å². The Kier molecular flexibility index (Phi) is 4.39. The number of aliphatic carboxylic acids is 1. The molecule has 1 aliphatic rings. The Labute approximate surface area is 176 Å². The van der Waals surface area contributed by atoms with Gasteiger partial charge in [-0.15, -0.1) is 0 Å². The molecule has 0 saturated heterocycles. The van der Waals surface area contributed by atoms with Gasteiger partial charge in [0.05, 0.1) is 0 Å². The smallest absolute Gasteiger partial charge is 0.323 e. The van der Waals surface area contributed by atoms with Crippen LogP contribution in [0.2, 0.25) is 0 Å². The fourth-order valence-electron chi connectivity index (χ4n) is 4.55. The number of phenols is 1. The molecule has 1 aliphatic heterocycles. The third kappa shape index (κ3) is 3.09. The van der Waals surface area contributed by atoms with Crippen molar-refractivity contribution in [2.24, 2.45) is 0 Å². The number of benzene rings is 3. The number of aromatic hydroxyl groups is 1. The highest BCUT2D eigenvalue weighted by atomic mass is 19.1.